The molecule has 5 heteroatoms. The second kappa shape index (κ2) is 5.02. The lowest BCUT2D eigenvalue weighted by Gasteiger charge is -2.08. The molecule has 0 aliphatic heterocycles. The molecule has 1 aromatic rings. The summed E-state index contributed by atoms with van der Waals surface area (Å²) in [6.07, 6.45) is 0.797. The third-order valence-corrected chi connectivity index (χ3v) is 2.73. The van der Waals surface area contributed by atoms with Gasteiger partial charge in [0.2, 0.25) is 0 Å². The van der Waals surface area contributed by atoms with Crippen LogP contribution in [-0.2, 0) is 6.42 Å². The van der Waals surface area contributed by atoms with Gasteiger partial charge >= 0.3 is 0 Å². The topological polar surface area (TPSA) is 46.0 Å². The fourth-order valence-corrected chi connectivity index (χ4v) is 1.68. The summed E-state index contributed by atoms with van der Waals surface area (Å²) in [7, 11) is 0. The Morgan fingerprint density at radius 1 is 1.46 bits per heavy atom. The van der Waals surface area contributed by atoms with Gasteiger partial charge in [0, 0.05) is 6.61 Å². The molecule has 1 aromatic heterocycles. The van der Waals surface area contributed by atoms with E-state index in [9.17, 15) is 0 Å². The van der Waals surface area contributed by atoms with Crippen LogP contribution in [0.3, 0.4) is 0 Å². The Labute approximate surface area is 93.8 Å². The first kappa shape index (κ1) is 11.1. The maximum atomic E-state index is 8.89. The van der Waals surface area contributed by atoms with Gasteiger partial charge in [-0.2, -0.15) is 0 Å². The predicted molar refractivity (Wildman–Crippen MR) is 57.4 cm³/mol. The van der Waals surface area contributed by atoms with E-state index in [1.807, 2.05) is 13.0 Å². The highest BCUT2D eigenvalue weighted by atomic mass is 79.9. The summed E-state index contributed by atoms with van der Waals surface area (Å²) in [6, 6.07) is 1.91. The van der Waals surface area contributed by atoms with Gasteiger partial charge in [-0.1, -0.05) is 6.92 Å². The van der Waals surface area contributed by atoms with E-state index in [0.29, 0.717) is 0 Å². The molecule has 1 N–H and O–H groups in total. The molecule has 0 fully saturated rings. The van der Waals surface area contributed by atoms with Crippen molar-refractivity contribution in [2.75, 3.05) is 6.61 Å². The molecular weight excluding hydrogens is 300 g/mol. The number of halogens is 2. The molecule has 0 aliphatic rings. The Kier molecular flexibility index (Phi) is 4.28. The van der Waals surface area contributed by atoms with E-state index >= 15 is 0 Å². The van der Waals surface area contributed by atoms with Gasteiger partial charge in [-0.05, 0) is 55.8 Å². The largest absolute Gasteiger partial charge is 0.396 e. The van der Waals surface area contributed by atoms with Crippen LogP contribution in [0.1, 0.15) is 12.5 Å². The zero-order valence-electron chi connectivity index (χ0n) is 7.17. The van der Waals surface area contributed by atoms with Gasteiger partial charge in [-0.25, -0.2) is 0 Å². The van der Waals surface area contributed by atoms with E-state index in [-0.39, 0.29) is 12.5 Å². The number of hydrogen-bond acceptors (Lipinski definition) is 3. The van der Waals surface area contributed by atoms with E-state index < -0.39 is 0 Å². The lowest BCUT2D eigenvalue weighted by molar-refractivity contribution is 0.237. The van der Waals surface area contributed by atoms with Crippen molar-refractivity contribution in [1.29, 1.82) is 0 Å². The first-order chi connectivity index (χ1) is 6.13. The Morgan fingerprint density at radius 3 is 2.77 bits per heavy atom. The van der Waals surface area contributed by atoms with Crippen LogP contribution in [0.2, 0.25) is 0 Å². The van der Waals surface area contributed by atoms with Crippen LogP contribution >= 0.6 is 31.9 Å². The second-order valence-electron chi connectivity index (χ2n) is 2.97. The summed E-state index contributed by atoms with van der Waals surface area (Å²) >= 11 is 6.56. The van der Waals surface area contributed by atoms with E-state index in [1.165, 1.54) is 0 Å². The van der Waals surface area contributed by atoms with Crippen LogP contribution in [0.5, 0.6) is 0 Å². The quantitative estimate of drug-likeness (QED) is 0.931. The van der Waals surface area contributed by atoms with Crippen LogP contribution in [0, 0.1) is 5.92 Å². The maximum absolute atomic E-state index is 8.89. The summed E-state index contributed by atoms with van der Waals surface area (Å²) in [5, 5.41) is 16.6. The minimum atomic E-state index is 0.187. The molecule has 72 valence electrons. The SMILES string of the molecule is CC(CO)Cc1cc(Br)nnc1Br. The Balaban J connectivity index is 2.81. The minimum Gasteiger partial charge on any atom is -0.396 e. The fourth-order valence-electron chi connectivity index (χ4n) is 0.971. The Bertz CT molecular complexity index is 293. The molecule has 0 bridgehead atoms. The van der Waals surface area contributed by atoms with Crippen molar-refractivity contribution in [3.8, 4) is 0 Å². The zero-order valence-corrected chi connectivity index (χ0v) is 10.3. The smallest absolute Gasteiger partial charge is 0.132 e. The molecule has 0 saturated carbocycles. The molecule has 0 spiro atoms. The molecule has 1 rings (SSSR count). The normalized spacial score (nSPS) is 12.9. The first-order valence-corrected chi connectivity index (χ1v) is 5.50. The average Bonchev–Trinajstić information content (AvgIpc) is 2.11. The number of aliphatic hydroxyl groups is 1. The molecule has 0 amide bonds. The molecule has 0 aromatic carbocycles. The van der Waals surface area contributed by atoms with Crippen molar-refractivity contribution in [2.45, 2.75) is 13.3 Å². The second-order valence-corrected chi connectivity index (χ2v) is 4.54. The molecule has 3 nitrogen and oxygen atoms in total. The van der Waals surface area contributed by atoms with Gasteiger partial charge in [0.25, 0.3) is 0 Å². The van der Waals surface area contributed by atoms with E-state index in [2.05, 4.69) is 42.1 Å². The number of rotatable bonds is 3. The molecule has 0 aliphatic carbocycles. The molecule has 1 atom stereocenters. The summed E-state index contributed by atoms with van der Waals surface area (Å²) in [4.78, 5) is 0. The Hall–Kier alpha value is -0.000000000000000111. The zero-order chi connectivity index (χ0) is 9.84. The highest BCUT2D eigenvalue weighted by Crippen LogP contribution is 2.19. The first-order valence-electron chi connectivity index (χ1n) is 3.92. The summed E-state index contributed by atoms with van der Waals surface area (Å²) in [5.41, 5.74) is 1.06. The summed E-state index contributed by atoms with van der Waals surface area (Å²) in [5.74, 6) is 0.243. The van der Waals surface area contributed by atoms with Crippen molar-refractivity contribution in [3.05, 3.63) is 20.8 Å². The van der Waals surface area contributed by atoms with Gasteiger partial charge in [0.1, 0.15) is 9.21 Å². The van der Waals surface area contributed by atoms with Crippen LogP contribution < -0.4 is 0 Å². The lowest BCUT2D eigenvalue weighted by atomic mass is 10.0. The van der Waals surface area contributed by atoms with Crippen molar-refractivity contribution in [1.82, 2.24) is 10.2 Å². The third-order valence-electron chi connectivity index (χ3n) is 1.67. The molecule has 0 radical (unpaired) electrons. The van der Waals surface area contributed by atoms with Crippen molar-refractivity contribution in [2.24, 2.45) is 5.92 Å². The van der Waals surface area contributed by atoms with Gasteiger partial charge in [0.05, 0.1) is 0 Å². The Morgan fingerprint density at radius 2 is 2.15 bits per heavy atom. The fraction of sp³-hybridized carbons (Fsp3) is 0.500. The summed E-state index contributed by atoms with van der Waals surface area (Å²) in [6.45, 7) is 2.17. The maximum Gasteiger partial charge on any atom is 0.132 e. The van der Waals surface area contributed by atoms with Crippen molar-refractivity contribution >= 4 is 31.9 Å². The highest BCUT2D eigenvalue weighted by Gasteiger charge is 2.07. The van der Waals surface area contributed by atoms with Gasteiger partial charge in [0.15, 0.2) is 0 Å². The van der Waals surface area contributed by atoms with Crippen molar-refractivity contribution in [3.63, 3.8) is 0 Å². The van der Waals surface area contributed by atoms with E-state index in [1.54, 1.807) is 0 Å². The highest BCUT2D eigenvalue weighted by molar-refractivity contribution is 9.10. The number of hydrogen-bond donors (Lipinski definition) is 1. The molecule has 0 saturated heterocycles. The third kappa shape index (κ3) is 3.32. The lowest BCUT2D eigenvalue weighted by Crippen LogP contribution is -2.06. The number of aromatic nitrogens is 2. The average molecular weight is 310 g/mol. The molecular formula is C8H10Br2N2O. The summed E-state index contributed by atoms with van der Waals surface area (Å²) < 4.78 is 1.46. The number of nitrogens with zero attached hydrogens (tertiary/aromatic N) is 2. The molecule has 1 heterocycles. The van der Waals surface area contributed by atoms with Gasteiger partial charge in [-0.3, -0.25) is 0 Å². The van der Waals surface area contributed by atoms with Crippen LogP contribution in [0.15, 0.2) is 15.3 Å². The van der Waals surface area contributed by atoms with E-state index in [0.717, 1.165) is 21.2 Å². The monoisotopic (exact) mass is 308 g/mol. The van der Waals surface area contributed by atoms with Gasteiger partial charge < -0.3 is 5.11 Å². The molecule has 13 heavy (non-hydrogen) atoms. The predicted octanol–water partition coefficient (Wildman–Crippen LogP) is 2.17. The van der Waals surface area contributed by atoms with Crippen LogP contribution in [0.25, 0.3) is 0 Å². The molecule has 1 unspecified atom stereocenters. The standard InChI is InChI=1S/C8H10Br2N2O/c1-5(4-13)2-6-3-7(9)11-12-8(6)10/h3,5,13H,2,4H2,1H3. The van der Waals surface area contributed by atoms with Crippen LogP contribution in [-0.4, -0.2) is 21.9 Å². The van der Waals surface area contributed by atoms with E-state index in [4.69, 9.17) is 5.11 Å². The van der Waals surface area contributed by atoms with Crippen molar-refractivity contribution < 1.29 is 5.11 Å². The number of aliphatic hydroxyl groups excluding tert-OH is 1. The minimum absolute atomic E-state index is 0.187. The van der Waals surface area contributed by atoms with Crippen LogP contribution in [0.4, 0.5) is 0 Å². The van der Waals surface area contributed by atoms with Gasteiger partial charge in [-0.15, -0.1) is 10.2 Å².